The van der Waals surface area contributed by atoms with Crippen LogP contribution < -0.4 is 10.6 Å². The van der Waals surface area contributed by atoms with Crippen molar-refractivity contribution in [1.82, 2.24) is 20.2 Å². The van der Waals surface area contributed by atoms with Crippen molar-refractivity contribution < 1.29 is 9.47 Å². The molecule has 0 saturated carbocycles. The number of benzene rings is 2. The van der Waals surface area contributed by atoms with E-state index in [0.717, 1.165) is 75.9 Å². The van der Waals surface area contributed by atoms with Crippen molar-refractivity contribution in [1.29, 1.82) is 0 Å². The smallest absolute Gasteiger partial charge is 0.191 e. The SMILES string of the molecule is CN=C(NCCCOCC1CCOC1)NCc1ccc(Cn2cnc3ccccc32)cc1.I. The lowest BCUT2D eigenvalue weighted by molar-refractivity contribution is 0.0888. The summed E-state index contributed by atoms with van der Waals surface area (Å²) >= 11 is 0. The summed E-state index contributed by atoms with van der Waals surface area (Å²) in [7, 11) is 1.80. The Kier molecular flexibility index (Phi) is 10.4. The topological polar surface area (TPSA) is 72.7 Å². The predicted molar refractivity (Wildman–Crippen MR) is 143 cm³/mol. The van der Waals surface area contributed by atoms with E-state index in [9.17, 15) is 0 Å². The third kappa shape index (κ3) is 7.68. The number of fused-ring (bicyclic) bond motifs is 1. The van der Waals surface area contributed by atoms with Crippen LogP contribution in [-0.2, 0) is 22.6 Å². The number of nitrogens with one attached hydrogen (secondary N) is 2. The standard InChI is InChI=1S/C25H33N5O2.HI/c1-26-25(27-12-4-13-31-17-22-11-14-32-18-22)28-15-20-7-9-21(10-8-20)16-30-19-29-23-5-2-3-6-24(23)30;/h2-3,5-10,19,22H,4,11-18H2,1H3,(H2,26,27,28);1H. The Labute approximate surface area is 213 Å². The van der Waals surface area contributed by atoms with Gasteiger partial charge in [0.1, 0.15) is 0 Å². The fraction of sp³-hybridized carbons (Fsp3) is 0.440. The molecule has 1 saturated heterocycles. The number of ether oxygens (including phenoxy) is 2. The maximum atomic E-state index is 5.75. The van der Waals surface area contributed by atoms with Gasteiger partial charge in [0.2, 0.25) is 0 Å². The summed E-state index contributed by atoms with van der Waals surface area (Å²) in [6.07, 6.45) is 3.98. The highest BCUT2D eigenvalue weighted by atomic mass is 127. The molecule has 1 aromatic heterocycles. The van der Waals surface area contributed by atoms with Gasteiger partial charge in [-0.2, -0.15) is 0 Å². The van der Waals surface area contributed by atoms with Gasteiger partial charge in [-0.05, 0) is 36.1 Å². The average Bonchev–Trinajstić information content (AvgIpc) is 3.49. The number of hydrogen-bond acceptors (Lipinski definition) is 4. The van der Waals surface area contributed by atoms with E-state index in [0.29, 0.717) is 5.92 Å². The summed E-state index contributed by atoms with van der Waals surface area (Å²) in [4.78, 5) is 8.78. The number of imidazole rings is 1. The summed E-state index contributed by atoms with van der Waals surface area (Å²) in [6.45, 7) is 5.66. The Morgan fingerprint density at radius 3 is 2.76 bits per heavy atom. The second kappa shape index (κ2) is 13.5. The van der Waals surface area contributed by atoms with Gasteiger partial charge in [0.15, 0.2) is 5.96 Å². The van der Waals surface area contributed by atoms with Gasteiger partial charge in [0, 0.05) is 45.8 Å². The predicted octanol–water partition coefficient (Wildman–Crippen LogP) is 3.81. The second-order valence-corrected chi connectivity index (χ2v) is 8.19. The Bertz CT molecular complexity index is 999. The van der Waals surface area contributed by atoms with Crippen molar-refractivity contribution in [3.63, 3.8) is 0 Å². The maximum Gasteiger partial charge on any atom is 0.191 e. The van der Waals surface area contributed by atoms with Crippen LogP contribution in [0.2, 0.25) is 0 Å². The fourth-order valence-electron chi connectivity index (χ4n) is 3.85. The molecule has 1 unspecified atom stereocenters. The highest BCUT2D eigenvalue weighted by Crippen LogP contribution is 2.15. The minimum absolute atomic E-state index is 0. The molecule has 3 aromatic rings. The van der Waals surface area contributed by atoms with Crippen LogP contribution in [0.3, 0.4) is 0 Å². The van der Waals surface area contributed by atoms with Crippen LogP contribution in [0.15, 0.2) is 59.9 Å². The minimum Gasteiger partial charge on any atom is -0.381 e. The monoisotopic (exact) mass is 563 g/mol. The molecule has 2 N–H and O–H groups in total. The first-order chi connectivity index (χ1) is 15.8. The normalized spacial score (nSPS) is 16.0. The lowest BCUT2D eigenvalue weighted by atomic mass is 10.1. The zero-order valence-electron chi connectivity index (χ0n) is 19.2. The minimum atomic E-state index is 0. The lowest BCUT2D eigenvalue weighted by Gasteiger charge is -2.13. The first kappa shape index (κ1) is 25.5. The van der Waals surface area contributed by atoms with Crippen LogP contribution in [-0.4, -0.2) is 55.5 Å². The van der Waals surface area contributed by atoms with E-state index < -0.39 is 0 Å². The van der Waals surface area contributed by atoms with Gasteiger partial charge in [-0.1, -0.05) is 36.4 Å². The summed E-state index contributed by atoms with van der Waals surface area (Å²) in [5.41, 5.74) is 4.66. The van der Waals surface area contributed by atoms with Crippen molar-refractivity contribution in [3.05, 3.63) is 66.0 Å². The first-order valence-electron chi connectivity index (χ1n) is 11.4. The average molecular weight is 563 g/mol. The van der Waals surface area contributed by atoms with E-state index in [1.807, 2.05) is 18.5 Å². The fourth-order valence-corrected chi connectivity index (χ4v) is 3.85. The summed E-state index contributed by atoms with van der Waals surface area (Å²) in [5.74, 6) is 1.38. The molecule has 0 amide bonds. The third-order valence-electron chi connectivity index (χ3n) is 5.72. The maximum absolute atomic E-state index is 5.75. The van der Waals surface area contributed by atoms with Crippen LogP contribution >= 0.6 is 24.0 Å². The number of hydrogen-bond donors (Lipinski definition) is 2. The Morgan fingerprint density at radius 2 is 1.97 bits per heavy atom. The van der Waals surface area contributed by atoms with Crippen LogP contribution in [0, 0.1) is 5.92 Å². The first-order valence-corrected chi connectivity index (χ1v) is 11.4. The number of nitrogens with zero attached hydrogens (tertiary/aromatic N) is 3. The molecule has 0 radical (unpaired) electrons. The van der Waals surface area contributed by atoms with Crippen molar-refractivity contribution in [2.45, 2.75) is 25.9 Å². The number of aromatic nitrogens is 2. The van der Waals surface area contributed by atoms with Gasteiger partial charge in [-0.3, -0.25) is 4.99 Å². The van der Waals surface area contributed by atoms with Crippen molar-refractivity contribution in [2.75, 3.05) is 40.0 Å². The molecule has 0 aliphatic carbocycles. The number of rotatable bonds is 10. The number of guanidine groups is 1. The molecule has 1 aliphatic rings. The molecule has 0 bridgehead atoms. The van der Waals surface area contributed by atoms with Crippen LogP contribution in [0.4, 0.5) is 0 Å². The number of halogens is 1. The highest BCUT2D eigenvalue weighted by Gasteiger charge is 2.15. The molecule has 4 rings (SSSR count). The van der Waals surface area contributed by atoms with Gasteiger partial charge in [0.05, 0.1) is 30.6 Å². The molecular formula is C25H34IN5O2. The van der Waals surface area contributed by atoms with Crippen LogP contribution in [0.1, 0.15) is 24.0 Å². The highest BCUT2D eigenvalue weighted by molar-refractivity contribution is 14.0. The van der Waals surface area contributed by atoms with Crippen molar-refractivity contribution >= 4 is 41.0 Å². The molecule has 2 aromatic carbocycles. The van der Waals surface area contributed by atoms with E-state index >= 15 is 0 Å². The third-order valence-corrected chi connectivity index (χ3v) is 5.72. The molecule has 0 spiro atoms. The molecular weight excluding hydrogens is 529 g/mol. The van der Waals surface area contributed by atoms with Gasteiger partial charge in [-0.15, -0.1) is 24.0 Å². The van der Waals surface area contributed by atoms with E-state index in [4.69, 9.17) is 9.47 Å². The lowest BCUT2D eigenvalue weighted by Crippen LogP contribution is -2.37. The number of aliphatic imine (C=N–C) groups is 1. The van der Waals surface area contributed by atoms with Crippen LogP contribution in [0.25, 0.3) is 11.0 Å². The zero-order chi connectivity index (χ0) is 22.0. The van der Waals surface area contributed by atoms with Crippen molar-refractivity contribution in [3.8, 4) is 0 Å². The summed E-state index contributed by atoms with van der Waals surface area (Å²) in [6, 6.07) is 16.9. The van der Waals surface area contributed by atoms with Gasteiger partial charge < -0.3 is 24.7 Å². The Morgan fingerprint density at radius 1 is 1.15 bits per heavy atom. The molecule has 8 heteroatoms. The second-order valence-electron chi connectivity index (χ2n) is 8.19. The van der Waals surface area contributed by atoms with Crippen molar-refractivity contribution in [2.24, 2.45) is 10.9 Å². The van der Waals surface area contributed by atoms with Crippen LogP contribution in [0.5, 0.6) is 0 Å². The van der Waals surface area contributed by atoms with E-state index in [1.54, 1.807) is 7.05 Å². The van der Waals surface area contributed by atoms with E-state index in [2.05, 4.69) is 61.6 Å². The van der Waals surface area contributed by atoms with E-state index in [-0.39, 0.29) is 24.0 Å². The molecule has 178 valence electrons. The van der Waals surface area contributed by atoms with Gasteiger partial charge >= 0.3 is 0 Å². The molecule has 1 aliphatic heterocycles. The summed E-state index contributed by atoms with van der Waals surface area (Å²) in [5, 5.41) is 6.73. The zero-order valence-corrected chi connectivity index (χ0v) is 21.5. The van der Waals surface area contributed by atoms with Gasteiger partial charge in [0.25, 0.3) is 0 Å². The molecule has 1 fully saturated rings. The quantitative estimate of drug-likeness (QED) is 0.170. The molecule has 1 atom stereocenters. The Hall–Kier alpha value is -2.17. The van der Waals surface area contributed by atoms with Gasteiger partial charge in [-0.25, -0.2) is 4.98 Å². The van der Waals surface area contributed by atoms with E-state index in [1.165, 1.54) is 11.1 Å². The summed E-state index contributed by atoms with van der Waals surface area (Å²) < 4.78 is 13.3. The molecule has 7 nitrogen and oxygen atoms in total. The largest absolute Gasteiger partial charge is 0.381 e. The number of para-hydroxylation sites is 2. The Balaban J connectivity index is 0.00000306. The molecule has 33 heavy (non-hydrogen) atoms. The molecule has 2 heterocycles.